The van der Waals surface area contributed by atoms with Crippen molar-refractivity contribution in [2.24, 2.45) is 5.92 Å². The Morgan fingerprint density at radius 3 is 2.56 bits per heavy atom. The molecule has 1 aliphatic rings. The zero-order valence-electron chi connectivity index (χ0n) is 13.3. The number of hydrogen-bond donors (Lipinski definition) is 1. The van der Waals surface area contributed by atoms with E-state index in [2.05, 4.69) is 10.3 Å². The molecule has 25 heavy (non-hydrogen) atoms. The number of amides is 1. The first-order valence-corrected chi connectivity index (χ1v) is 10.6. The number of aromatic nitrogens is 1. The summed E-state index contributed by atoms with van der Waals surface area (Å²) >= 11 is 1.63. The van der Waals surface area contributed by atoms with E-state index in [1.54, 1.807) is 11.3 Å². The number of carbonyl (C=O) groups is 1. The molecule has 7 heteroatoms. The van der Waals surface area contributed by atoms with Gasteiger partial charge >= 0.3 is 0 Å². The number of hydrogen-bond acceptors (Lipinski definition) is 5. The lowest BCUT2D eigenvalue weighted by Crippen LogP contribution is -2.23. The standard InChI is InChI=1S/C18H16N2O3S2/c21-17(13-9-10-25(22,23)11-13)19-14-7-5-12(6-8-14)18-20-15-3-1-2-4-16(15)24-18/h1-8,13H,9-11H2,(H,19,21). The van der Waals surface area contributed by atoms with Crippen LogP contribution in [0.15, 0.2) is 48.5 Å². The van der Waals surface area contributed by atoms with E-state index in [4.69, 9.17) is 0 Å². The number of nitrogens with one attached hydrogen (secondary N) is 1. The number of fused-ring (bicyclic) bond motifs is 1. The van der Waals surface area contributed by atoms with Crippen LogP contribution >= 0.6 is 11.3 Å². The van der Waals surface area contributed by atoms with Gasteiger partial charge in [0.1, 0.15) is 5.01 Å². The second-order valence-corrected chi connectivity index (χ2v) is 9.41. The normalized spacial score (nSPS) is 19.1. The predicted molar refractivity (Wildman–Crippen MR) is 100 cm³/mol. The van der Waals surface area contributed by atoms with Gasteiger partial charge in [-0.1, -0.05) is 12.1 Å². The molecule has 1 unspecified atom stereocenters. The van der Waals surface area contributed by atoms with E-state index in [9.17, 15) is 13.2 Å². The van der Waals surface area contributed by atoms with Crippen molar-refractivity contribution in [2.45, 2.75) is 6.42 Å². The van der Waals surface area contributed by atoms with E-state index in [1.165, 1.54) is 0 Å². The van der Waals surface area contributed by atoms with E-state index in [-0.39, 0.29) is 17.4 Å². The molecule has 0 radical (unpaired) electrons. The van der Waals surface area contributed by atoms with Crippen LogP contribution in [0, 0.1) is 5.92 Å². The Morgan fingerprint density at radius 2 is 1.88 bits per heavy atom. The molecule has 1 aliphatic heterocycles. The van der Waals surface area contributed by atoms with Gasteiger partial charge in [0.2, 0.25) is 5.91 Å². The summed E-state index contributed by atoms with van der Waals surface area (Å²) in [6, 6.07) is 15.5. The monoisotopic (exact) mass is 372 g/mol. The van der Waals surface area contributed by atoms with Crippen LogP contribution in [0.3, 0.4) is 0 Å². The summed E-state index contributed by atoms with van der Waals surface area (Å²) < 4.78 is 24.1. The number of rotatable bonds is 3. The zero-order valence-corrected chi connectivity index (χ0v) is 14.9. The lowest BCUT2D eigenvalue weighted by Gasteiger charge is -2.09. The fourth-order valence-corrected chi connectivity index (χ4v) is 5.65. The molecule has 1 amide bonds. The molecule has 128 valence electrons. The van der Waals surface area contributed by atoms with Crippen LogP contribution in [0.4, 0.5) is 5.69 Å². The summed E-state index contributed by atoms with van der Waals surface area (Å²) in [6.45, 7) is 0. The van der Waals surface area contributed by atoms with Gasteiger partial charge in [-0.15, -0.1) is 11.3 Å². The molecule has 3 aromatic rings. The summed E-state index contributed by atoms with van der Waals surface area (Å²) in [5, 5.41) is 3.74. The van der Waals surface area contributed by atoms with Gasteiger partial charge in [-0.25, -0.2) is 13.4 Å². The molecule has 1 aromatic heterocycles. The van der Waals surface area contributed by atoms with Crippen molar-refractivity contribution in [1.29, 1.82) is 0 Å². The molecule has 0 spiro atoms. The lowest BCUT2D eigenvalue weighted by atomic mass is 10.1. The molecule has 1 fully saturated rings. The minimum absolute atomic E-state index is 0.0530. The molecule has 0 saturated carbocycles. The Hall–Kier alpha value is -2.25. The second kappa shape index (κ2) is 6.24. The van der Waals surface area contributed by atoms with E-state index in [1.807, 2.05) is 48.5 Å². The van der Waals surface area contributed by atoms with Crippen molar-refractivity contribution in [2.75, 3.05) is 16.8 Å². The number of sulfone groups is 1. The molecule has 2 heterocycles. The van der Waals surface area contributed by atoms with Gasteiger partial charge < -0.3 is 5.32 Å². The maximum absolute atomic E-state index is 12.2. The number of nitrogens with zero attached hydrogens (tertiary/aromatic N) is 1. The molecule has 1 saturated heterocycles. The second-order valence-electron chi connectivity index (χ2n) is 6.15. The molecule has 2 aromatic carbocycles. The van der Waals surface area contributed by atoms with Crippen LogP contribution in [0.2, 0.25) is 0 Å². The van der Waals surface area contributed by atoms with Crippen LogP contribution in [0.25, 0.3) is 20.8 Å². The highest BCUT2D eigenvalue weighted by atomic mass is 32.2. The summed E-state index contributed by atoms with van der Waals surface area (Å²) in [5.41, 5.74) is 2.63. The molecule has 0 bridgehead atoms. The Morgan fingerprint density at radius 1 is 1.12 bits per heavy atom. The van der Waals surface area contributed by atoms with Gasteiger partial charge in [0, 0.05) is 11.3 Å². The van der Waals surface area contributed by atoms with Gasteiger partial charge in [0.15, 0.2) is 9.84 Å². The van der Waals surface area contributed by atoms with E-state index < -0.39 is 15.8 Å². The average molecular weight is 372 g/mol. The number of thiazole rings is 1. The fourth-order valence-electron chi connectivity index (χ4n) is 2.94. The first kappa shape index (κ1) is 16.2. The number of carbonyl (C=O) groups excluding carboxylic acids is 1. The summed E-state index contributed by atoms with van der Waals surface area (Å²) in [4.78, 5) is 16.8. The Kier molecular flexibility index (Phi) is 4.05. The Labute approximate surface area is 149 Å². The van der Waals surface area contributed by atoms with Crippen molar-refractivity contribution >= 4 is 43.0 Å². The van der Waals surface area contributed by atoms with Crippen LogP contribution in [-0.4, -0.2) is 30.8 Å². The van der Waals surface area contributed by atoms with Crippen molar-refractivity contribution < 1.29 is 13.2 Å². The molecular formula is C18H16N2O3S2. The highest BCUT2D eigenvalue weighted by molar-refractivity contribution is 7.91. The smallest absolute Gasteiger partial charge is 0.228 e. The largest absolute Gasteiger partial charge is 0.326 e. The molecule has 1 N–H and O–H groups in total. The van der Waals surface area contributed by atoms with Gasteiger partial charge in [-0.05, 0) is 42.8 Å². The third kappa shape index (κ3) is 3.43. The SMILES string of the molecule is O=C(Nc1ccc(-c2nc3ccccc3s2)cc1)C1CCS(=O)(=O)C1. The quantitative estimate of drug-likeness (QED) is 0.765. The number of anilines is 1. The first-order valence-electron chi connectivity index (χ1n) is 7.97. The molecule has 0 aliphatic carbocycles. The molecular weight excluding hydrogens is 356 g/mol. The summed E-state index contributed by atoms with van der Waals surface area (Å²) in [6.07, 6.45) is 0.401. The topological polar surface area (TPSA) is 76.1 Å². The minimum atomic E-state index is -3.06. The maximum atomic E-state index is 12.2. The van der Waals surface area contributed by atoms with E-state index in [0.717, 1.165) is 20.8 Å². The summed E-state index contributed by atoms with van der Waals surface area (Å²) in [7, 11) is -3.06. The van der Waals surface area contributed by atoms with Crippen LogP contribution < -0.4 is 5.32 Å². The third-order valence-electron chi connectivity index (χ3n) is 4.30. The van der Waals surface area contributed by atoms with Crippen LogP contribution in [0.1, 0.15) is 6.42 Å². The van der Waals surface area contributed by atoms with Crippen molar-refractivity contribution in [3.8, 4) is 10.6 Å². The van der Waals surface area contributed by atoms with Gasteiger partial charge in [-0.2, -0.15) is 0 Å². The van der Waals surface area contributed by atoms with Crippen LogP contribution in [0.5, 0.6) is 0 Å². The van der Waals surface area contributed by atoms with E-state index in [0.29, 0.717) is 12.1 Å². The van der Waals surface area contributed by atoms with Gasteiger partial charge in [-0.3, -0.25) is 4.79 Å². The van der Waals surface area contributed by atoms with Crippen LogP contribution in [-0.2, 0) is 14.6 Å². The molecule has 1 atom stereocenters. The molecule has 4 rings (SSSR count). The fraction of sp³-hybridized carbons (Fsp3) is 0.222. The summed E-state index contributed by atoms with van der Waals surface area (Å²) in [5.74, 6) is -0.632. The Balaban J connectivity index is 1.49. The van der Waals surface area contributed by atoms with Gasteiger partial charge in [0.25, 0.3) is 0 Å². The van der Waals surface area contributed by atoms with Crippen molar-refractivity contribution in [3.63, 3.8) is 0 Å². The van der Waals surface area contributed by atoms with Gasteiger partial charge in [0.05, 0.1) is 27.6 Å². The van der Waals surface area contributed by atoms with Crippen molar-refractivity contribution in [3.05, 3.63) is 48.5 Å². The average Bonchev–Trinajstić information content (AvgIpc) is 3.18. The maximum Gasteiger partial charge on any atom is 0.228 e. The zero-order chi connectivity index (χ0) is 17.4. The van der Waals surface area contributed by atoms with E-state index >= 15 is 0 Å². The highest BCUT2D eigenvalue weighted by Gasteiger charge is 2.32. The minimum Gasteiger partial charge on any atom is -0.326 e. The predicted octanol–water partition coefficient (Wildman–Crippen LogP) is 3.34. The Bertz CT molecular complexity index is 1010. The highest BCUT2D eigenvalue weighted by Crippen LogP contribution is 2.30. The number of para-hydroxylation sites is 1. The number of benzene rings is 2. The third-order valence-corrected chi connectivity index (χ3v) is 7.15. The van der Waals surface area contributed by atoms with Crippen molar-refractivity contribution in [1.82, 2.24) is 4.98 Å². The lowest BCUT2D eigenvalue weighted by molar-refractivity contribution is -0.119. The molecule has 5 nitrogen and oxygen atoms in total. The first-order chi connectivity index (χ1) is 12.0.